The molecule has 1 aliphatic heterocycles. The first kappa shape index (κ1) is 30.7. The smallest absolute Gasteiger partial charge is 0.410 e. The van der Waals surface area contributed by atoms with E-state index in [1.807, 2.05) is 37.6 Å². The van der Waals surface area contributed by atoms with Crippen molar-refractivity contribution in [1.29, 1.82) is 0 Å². The summed E-state index contributed by atoms with van der Waals surface area (Å²) < 4.78 is 16.8. The van der Waals surface area contributed by atoms with Crippen LogP contribution in [0.4, 0.5) is 16.4 Å². The van der Waals surface area contributed by atoms with Gasteiger partial charge in [0.05, 0.1) is 24.6 Å². The minimum absolute atomic E-state index is 0.130. The first-order chi connectivity index (χ1) is 22.0. The van der Waals surface area contributed by atoms with Crippen molar-refractivity contribution >= 4 is 39.8 Å². The average molecular weight is 627 g/mol. The standard InChI is InChI=1S/C32H38N10O4/c1-7-13-40-29(43)24-19-34-30(36-22-16-21-17-35-41(20(2)3)27(21)33-18-22)38-28(24)42(40)25-9-8-10-26(37-25)45-23-11-14-39(15-12-23)31(44)46-32(4,5)6/h7-10,16-20,23H,1,11-15H2,2-6H3,(H,34,36,38). The number of likely N-dealkylation sites (tertiary alicyclic amines) is 1. The first-order valence-corrected chi connectivity index (χ1v) is 15.3. The van der Waals surface area contributed by atoms with E-state index in [-0.39, 0.29) is 30.3 Å². The highest BCUT2D eigenvalue weighted by atomic mass is 16.6. The summed E-state index contributed by atoms with van der Waals surface area (Å²) in [6.45, 7) is 14.8. The maximum Gasteiger partial charge on any atom is 0.410 e. The first-order valence-electron chi connectivity index (χ1n) is 15.3. The number of anilines is 2. The molecule has 1 aliphatic rings. The van der Waals surface area contributed by atoms with Gasteiger partial charge in [0.15, 0.2) is 17.1 Å². The van der Waals surface area contributed by atoms with Gasteiger partial charge in [-0.2, -0.15) is 15.1 Å². The van der Waals surface area contributed by atoms with Gasteiger partial charge in [-0.15, -0.1) is 6.58 Å². The molecule has 0 radical (unpaired) electrons. The molecule has 1 fully saturated rings. The lowest BCUT2D eigenvalue weighted by Gasteiger charge is -2.33. The van der Waals surface area contributed by atoms with Crippen LogP contribution in [-0.4, -0.2) is 74.9 Å². The number of carbonyl (C=O) groups excluding carboxylic acids is 1. The fourth-order valence-electron chi connectivity index (χ4n) is 5.37. The third-order valence-electron chi connectivity index (χ3n) is 7.46. The predicted octanol–water partition coefficient (Wildman–Crippen LogP) is 5.01. The van der Waals surface area contributed by atoms with Gasteiger partial charge in [0.2, 0.25) is 11.8 Å². The topological polar surface area (TPSA) is 147 Å². The van der Waals surface area contributed by atoms with Crippen LogP contribution >= 0.6 is 0 Å². The zero-order valence-corrected chi connectivity index (χ0v) is 26.7. The van der Waals surface area contributed by atoms with Crippen molar-refractivity contribution in [2.24, 2.45) is 0 Å². The van der Waals surface area contributed by atoms with E-state index in [0.29, 0.717) is 60.3 Å². The second-order valence-electron chi connectivity index (χ2n) is 12.5. The normalized spacial score (nSPS) is 14.3. The number of pyridine rings is 2. The number of ether oxygens (including phenoxy) is 2. The van der Waals surface area contributed by atoms with E-state index in [0.717, 1.165) is 11.0 Å². The van der Waals surface area contributed by atoms with Gasteiger partial charge < -0.3 is 19.7 Å². The number of nitrogens with zero attached hydrogens (tertiary/aromatic N) is 9. The lowest BCUT2D eigenvalue weighted by molar-refractivity contribution is 0.0123. The Kier molecular flexibility index (Phi) is 8.19. The maximum absolute atomic E-state index is 13.4. The third kappa shape index (κ3) is 6.28. The molecule has 0 bridgehead atoms. The molecule has 6 rings (SSSR count). The second-order valence-corrected chi connectivity index (χ2v) is 12.5. The molecule has 240 valence electrons. The highest BCUT2D eigenvalue weighted by molar-refractivity contribution is 5.80. The molecule has 6 heterocycles. The number of piperidine rings is 1. The molecule has 0 aliphatic carbocycles. The Bertz CT molecular complexity index is 1960. The minimum Gasteiger partial charge on any atom is -0.474 e. The largest absolute Gasteiger partial charge is 0.474 e. The molecule has 1 N–H and O–H groups in total. The van der Waals surface area contributed by atoms with Crippen molar-refractivity contribution in [3.05, 3.63) is 65.9 Å². The van der Waals surface area contributed by atoms with Crippen LogP contribution in [0.25, 0.3) is 27.9 Å². The molecule has 0 saturated carbocycles. The van der Waals surface area contributed by atoms with Gasteiger partial charge >= 0.3 is 6.09 Å². The molecule has 5 aromatic heterocycles. The number of allylic oxidation sites excluding steroid dienone is 1. The zero-order valence-electron chi connectivity index (χ0n) is 26.7. The van der Waals surface area contributed by atoms with Gasteiger partial charge in [0, 0.05) is 49.6 Å². The molecule has 0 spiro atoms. The number of rotatable bonds is 8. The summed E-state index contributed by atoms with van der Waals surface area (Å²) in [6, 6.07) is 7.49. The van der Waals surface area contributed by atoms with Crippen LogP contribution in [0.15, 0.2) is 60.3 Å². The highest BCUT2D eigenvalue weighted by Crippen LogP contribution is 2.24. The fraction of sp³-hybridized carbons (Fsp3) is 0.406. The van der Waals surface area contributed by atoms with Crippen molar-refractivity contribution < 1.29 is 14.3 Å². The Morgan fingerprint density at radius 3 is 2.61 bits per heavy atom. The number of nitrogens with one attached hydrogen (secondary N) is 1. The number of amides is 1. The molecule has 14 nitrogen and oxygen atoms in total. The van der Waals surface area contributed by atoms with Crippen LogP contribution < -0.4 is 15.6 Å². The van der Waals surface area contributed by atoms with Crippen LogP contribution in [0.2, 0.25) is 0 Å². The van der Waals surface area contributed by atoms with Gasteiger partial charge in [-0.05, 0) is 46.8 Å². The van der Waals surface area contributed by atoms with E-state index in [9.17, 15) is 9.59 Å². The lowest BCUT2D eigenvalue weighted by atomic mass is 10.1. The van der Waals surface area contributed by atoms with E-state index >= 15 is 0 Å². The van der Waals surface area contributed by atoms with Crippen LogP contribution in [0, 0.1) is 0 Å². The Morgan fingerprint density at radius 1 is 1.11 bits per heavy atom. The quantitative estimate of drug-likeness (QED) is 0.233. The summed E-state index contributed by atoms with van der Waals surface area (Å²) in [5.74, 6) is 1.14. The molecule has 0 atom stereocenters. The predicted molar refractivity (Wildman–Crippen MR) is 174 cm³/mol. The fourth-order valence-corrected chi connectivity index (χ4v) is 5.37. The summed E-state index contributed by atoms with van der Waals surface area (Å²) in [4.78, 5) is 46.1. The molecule has 0 aromatic carbocycles. The van der Waals surface area contributed by atoms with E-state index < -0.39 is 5.60 Å². The molecule has 1 saturated heterocycles. The SMILES string of the molecule is C=CCn1c(=O)c2cnc(Nc3cnc4c(cnn4C(C)C)c3)nc2n1-c1cccc(OC2CCN(C(=O)OC(C)(C)C)CC2)n1. The second kappa shape index (κ2) is 12.3. The maximum atomic E-state index is 13.4. The Morgan fingerprint density at radius 2 is 1.89 bits per heavy atom. The van der Waals surface area contributed by atoms with Crippen molar-refractivity contribution in [2.45, 2.75) is 71.8 Å². The number of hydrogen-bond donors (Lipinski definition) is 1. The zero-order chi connectivity index (χ0) is 32.6. The van der Waals surface area contributed by atoms with Crippen LogP contribution in [0.3, 0.4) is 0 Å². The summed E-state index contributed by atoms with van der Waals surface area (Å²) >= 11 is 0. The molecular weight excluding hydrogens is 588 g/mol. The molecule has 14 heteroatoms. The molecule has 0 unspecified atom stereocenters. The average Bonchev–Trinajstić information content (AvgIpc) is 3.55. The van der Waals surface area contributed by atoms with Crippen molar-refractivity contribution in [2.75, 3.05) is 18.4 Å². The van der Waals surface area contributed by atoms with E-state index in [1.165, 1.54) is 10.9 Å². The van der Waals surface area contributed by atoms with E-state index in [1.54, 1.807) is 40.2 Å². The number of fused-ring (bicyclic) bond motifs is 2. The Hall–Kier alpha value is -5.27. The summed E-state index contributed by atoms with van der Waals surface area (Å²) in [7, 11) is 0. The van der Waals surface area contributed by atoms with Crippen molar-refractivity contribution in [3.8, 4) is 11.7 Å². The van der Waals surface area contributed by atoms with Crippen LogP contribution in [0.5, 0.6) is 5.88 Å². The third-order valence-corrected chi connectivity index (χ3v) is 7.46. The van der Waals surface area contributed by atoms with Gasteiger partial charge in [-0.1, -0.05) is 12.1 Å². The van der Waals surface area contributed by atoms with E-state index in [2.05, 4.69) is 40.8 Å². The Balaban J connectivity index is 1.26. The molecule has 46 heavy (non-hydrogen) atoms. The number of aromatic nitrogens is 8. The van der Waals surface area contributed by atoms with Crippen molar-refractivity contribution in [1.82, 2.24) is 44.0 Å². The molecule has 5 aromatic rings. The number of carbonyl (C=O) groups is 1. The Labute approximate surface area is 265 Å². The number of hydrogen-bond acceptors (Lipinski definition) is 10. The van der Waals surface area contributed by atoms with Gasteiger partial charge in [0.1, 0.15) is 17.1 Å². The van der Waals surface area contributed by atoms with Gasteiger partial charge in [-0.25, -0.2) is 28.8 Å². The molecule has 1 amide bonds. The van der Waals surface area contributed by atoms with Crippen LogP contribution in [-0.2, 0) is 11.3 Å². The van der Waals surface area contributed by atoms with Crippen LogP contribution in [0.1, 0.15) is 53.5 Å². The summed E-state index contributed by atoms with van der Waals surface area (Å²) in [5, 5.41) is 8.85. The highest BCUT2D eigenvalue weighted by Gasteiger charge is 2.28. The van der Waals surface area contributed by atoms with Gasteiger partial charge in [0.25, 0.3) is 5.56 Å². The lowest BCUT2D eigenvalue weighted by Crippen LogP contribution is -2.44. The van der Waals surface area contributed by atoms with Crippen molar-refractivity contribution in [3.63, 3.8) is 0 Å². The van der Waals surface area contributed by atoms with Gasteiger partial charge in [-0.3, -0.25) is 4.79 Å². The summed E-state index contributed by atoms with van der Waals surface area (Å²) in [6.07, 6.45) is 7.45. The monoisotopic (exact) mass is 626 g/mol. The minimum atomic E-state index is -0.546. The summed E-state index contributed by atoms with van der Waals surface area (Å²) in [5.41, 5.74) is 1.03. The van der Waals surface area contributed by atoms with E-state index in [4.69, 9.17) is 19.4 Å². The molecular formula is C32H38N10O4.